The lowest BCUT2D eigenvalue weighted by molar-refractivity contribution is -0.133. The van der Waals surface area contributed by atoms with Crippen LogP contribution in [0, 0.1) is 13.8 Å². The van der Waals surface area contributed by atoms with Crippen LogP contribution in [0.5, 0.6) is 0 Å². The van der Waals surface area contributed by atoms with Gasteiger partial charge in [0.2, 0.25) is 0 Å². The van der Waals surface area contributed by atoms with Crippen molar-refractivity contribution in [2.75, 3.05) is 19.7 Å². The maximum Gasteiger partial charge on any atom is 0.336 e. The zero-order valence-electron chi connectivity index (χ0n) is 16.2. The summed E-state index contributed by atoms with van der Waals surface area (Å²) >= 11 is 0. The molecule has 1 N–H and O–H groups in total. The lowest BCUT2D eigenvalue weighted by atomic mass is 9.85. The van der Waals surface area contributed by atoms with Gasteiger partial charge in [-0.1, -0.05) is 0 Å². The molecule has 5 rings (SSSR count). The molecule has 1 aromatic heterocycles. The fourth-order valence-electron chi connectivity index (χ4n) is 5.37. The van der Waals surface area contributed by atoms with E-state index in [0.29, 0.717) is 17.7 Å². The van der Waals surface area contributed by atoms with E-state index in [4.69, 9.17) is 9.15 Å². The fourth-order valence-corrected chi connectivity index (χ4v) is 5.37. The summed E-state index contributed by atoms with van der Waals surface area (Å²) in [6.45, 7) is 7.58. The van der Waals surface area contributed by atoms with Gasteiger partial charge in [-0.25, -0.2) is 4.79 Å². The molecule has 3 aliphatic heterocycles. The van der Waals surface area contributed by atoms with E-state index in [2.05, 4.69) is 30.1 Å². The molecule has 1 spiro atoms. The first kappa shape index (κ1) is 17.4. The van der Waals surface area contributed by atoms with Gasteiger partial charge in [0.1, 0.15) is 5.58 Å². The highest BCUT2D eigenvalue weighted by molar-refractivity contribution is 5.81. The van der Waals surface area contributed by atoms with Gasteiger partial charge in [-0.2, -0.15) is 0 Å². The molecule has 0 radical (unpaired) electrons. The zero-order chi connectivity index (χ0) is 18.6. The van der Waals surface area contributed by atoms with Gasteiger partial charge in [0, 0.05) is 43.2 Å². The number of ether oxygens (including phenoxy) is 1. The zero-order valence-corrected chi connectivity index (χ0v) is 16.2. The maximum absolute atomic E-state index is 12.1. The first-order valence-corrected chi connectivity index (χ1v) is 10.2. The minimum absolute atomic E-state index is 0.0168. The van der Waals surface area contributed by atoms with E-state index in [-0.39, 0.29) is 11.2 Å². The third kappa shape index (κ3) is 3.22. The van der Waals surface area contributed by atoms with Gasteiger partial charge in [0.15, 0.2) is 0 Å². The van der Waals surface area contributed by atoms with E-state index >= 15 is 0 Å². The van der Waals surface area contributed by atoms with Gasteiger partial charge in [0.25, 0.3) is 0 Å². The van der Waals surface area contributed by atoms with Gasteiger partial charge >= 0.3 is 5.63 Å². The van der Waals surface area contributed by atoms with Gasteiger partial charge in [-0.05, 0) is 68.4 Å². The average Bonchev–Trinajstić information content (AvgIpc) is 2.96. The minimum Gasteiger partial charge on any atom is -0.423 e. The average molecular weight is 368 g/mol. The molecule has 0 amide bonds. The van der Waals surface area contributed by atoms with Crippen LogP contribution in [0.3, 0.4) is 0 Å². The number of aryl methyl sites for hydroxylation is 2. The molecular weight excluding hydrogens is 340 g/mol. The van der Waals surface area contributed by atoms with Crippen molar-refractivity contribution in [3.05, 3.63) is 45.3 Å². The number of benzene rings is 1. The summed E-state index contributed by atoms with van der Waals surface area (Å²) in [5.74, 6) is 0. The van der Waals surface area contributed by atoms with Crippen LogP contribution in [0.25, 0.3) is 11.0 Å². The third-order valence-electron chi connectivity index (χ3n) is 6.74. The molecule has 144 valence electrons. The normalized spacial score (nSPS) is 31.0. The van der Waals surface area contributed by atoms with Gasteiger partial charge in [0.05, 0.1) is 12.2 Å². The van der Waals surface area contributed by atoms with Crippen LogP contribution in [0.1, 0.15) is 42.4 Å². The Morgan fingerprint density at radius 2 is 1.89 bits per heavy atom. The Hall–Kier alpha value is -1.69. The summed E-state index contributed by atoms with van der Waals surface area (Å²) in [5, 5.41) is 4.78. The van der Waals surface area contributed by atoms with E-state index in [1.165, 1.54) is 18.4 Å². The number of hydrogen-bond acceptors (Lipinski definition) is 5. The van der Waals surface area contributed by atoms with Crippen molar-refractivity contribution < 1.29 is 9.15 Å². The van der Waals surface area contributed by atoms with Crippen molar-refractivity contribution in [1.29, 1.82) is 0 Å². The van der Waals surface area contributed by atoms with Crippen LogP contribution in [-0.4, -0.2) is 42.3 Å². The third-order valence-corrected chi connectivity index (χ3v) is 6.74. The number of rotatable bonds is 2. The Labute approximate surface area is 159 Å². The summed E-state index contributed by atoms with van der Waals surface area (Å²) in [4.78, 5) is 14.6. The van der Waals surface area contributed by atoms with Crippen LogP contribution in [0.4, 0.5) is 0 Å². The quantitative estimate of drug-likeness (QED) is 0.826. The second-order valence-corrected chi connectivity index (χ2v) is 8.81. The van der Waals surface area contributed by atoms with E-state index in [1.807, 2.05) is 6.07 Å². The molecule has 2 bridgehead atoms. The maximum atomic E-state index is 12.1. The van der Waals surface area contributed by atoms with Gasteiger partial charge < -0.3 is 14.5 Å². The van der Waals surface area contributed by atoms with Crippen molar-refractivity contribution in [1.82, 2.24) is 10.2 Å². The predicted octanol–water partition coefficient (Wildman–Crippen LogP) is 2.90. The van der Waals surface area contributed by atoms with Crippen LogP contribution in [-0.2, 0) is 11.3 Å². The molecule has 5 nitrogen and oxygen atoms in total. The van der Waals surface area contributed by atoms with Crippen molar-refractivity contribution in [3.8, 4) is 0 Å². The summed E-state index contributed by atoms with van der Waals surface area (Å²) < 4.78 is 11.8. The van der Waals surface area contributed by atoms with Crippen LogP contribution in [0.15, 0.2) is 27.4 Å². The van der Waals surface area contributed by atoms with Crippen molar-refractivity contribution >= 4 is 11.0 Å². The number of hydrogen-bond donors (Lipinski definition) is 1. The monoisotopic (exact) mass is 368 g/mol. The minimum atomic E-state index is -0.261. The van der Waals surface area contributed by atoms with Crippen LogP contribution in [0.2, 0.25) is 0 Å². The number of nitrogens with zero attached hydrogens (tertiary/aromatic N) is 1. The second-order valence-electron chi connectivity index (χ2n) is 8.81. The standard InChI is InChI=1S/C22H28N2O3/c1-14-7-19-16(9-21(25)27-20(19)8-15(14)2)12-24-5-6-26-22(13-24)10-17-3-4-18(11-22)23-17/h7-9,17-18,23H,3-6,10-13H2,1-2H3/t17-,18+,22?. The second kappa shape index (κ2) is 6.43. The molecule has 3 fully saturated rings. The first-order chi connectivity index (χ1) is 13.0. The number of fused-ring (bicyclic) bond motifs is 3. The smallest absolute Gasteiger partial charge is 0.336 e. The Morgan fingerprint density at radius 3 is 2.67 bits per heavy atom. The highest BCUT2D eigenvalue weighted by atomic mass is 16.5. The fraction of sp³-hybridized carbons (Fsp3) is 0.591. The molecule has 2 aromatic rings. The molecule has 1 aromatic carbocycles. The largest absolute Gasteiger partial charge is 0.423 e. The highest BCUT2D eigenvalue weighted by Crippen LogP contribution is 2.39. The van der Waals surface area contributed by atoms with Crippen molar-refractivity contribution in [3.63, 3.8) is 0 Å². The van der Waals surface area contributed by atoms with Gasteiger partial charge in [-0.15, -0.1) is 0 Å². The van der Waals surface area contributed by atoms with Crippen LogP contribution >= 0.6 is 0 Å². The van der Waals surface area contributed by atoms with E-state index < -0.39 is 0 Å². The lowest BCUT2D eigenvalue weighted by Gasteiger charge is -2.47. The first-order valence-electron chi connectivity index (χ1n) is 10.2. The molecule has 5 heteroatoms. The van der Waals surface area contributed by atoms with Crippen molar-refractivity contribution in [2.24, 2.45) is 0 Å². The molecule has 3 atom stereocenters. The Balaban J connectivity index is 1.43. The molecule has 0 aliphatic carbocycles. The number of nitrogens with one attached hydrogen (secondary N) is 1. The molecule has 3 aliphatic rings. The van der Waals surface area contributed by atoms with E-state index in [0.717, 1.165) is 55.6 Å². The molecule has 27 heavy (non-hydrogen) atoms. The summed E-state index contributed by atoms with van der Waals surface area (Å²) in [6.07, 6.45) is 4.77. The molecule has 3 saturated heterocycles. The van der Waals surface area contributed by atoms with Crippen molar-refractivity contribution in [2.45, 2.75) is 63.8 Å². The summed E-state index contributed by atoms with van der Waals surface area (Å²) in [6, 6.07) is 7.04. The topological polar surface area (TPSA) is 54.7 Å². The predicted molar refractivity (Wildman–Crippen MR) is 105 cm³/mol. The Bertz CT molecular complexity index is 923. The molecular formula is C22H28N2O3. The highest BCUT2D eigenvalue weighted by Gasteiger charge is 2.46. The summed E-state index contributed by atoms with van der Waals surface area (Å²) in [5.41, 5.74) is 3.87. The summed E-state index contributed by atoms with van der Waals surface area (Å²) in [7, 11) is 0. The Morgan fingerprint density at radius 1 is 1.15 bits per heavy atom. The number of morpholine rings is 1. The van der Waals surface area contributed by atoms with Crippen LogP contribution < -0.4 is 10.9 Å². The molecule has 4 heterocycles. The van der Waals surface area contributed by atoms with E-state index in [1.54, 1.807) is 6.07 Å². The lowest BCUT2D eigenvalue weighted by Crippen LogP contribution is -2.58. The molecule has 0 saturated carbocycles. The molecule has 1 unspecified atom stereocenters. The van der Waals surface area contributed by atoms with Gasteiger partial charge in [-0.3, -0.25) is 4.90 Å². The number of piperidine rings is 1. The van der Waals surface area contributed by atoms with E-state index in [9.17, 15) is 4.79 Å². The SMILES string of the molecule is Cc1cc2oc(=O)cc(CN3CCOC4(C[C@H]5CC[C@@H](C4)N5)C3)c2cc1C. The Kier molecular flexibility index (Phi) is 4.15.